The van der Waals surface area contributed by atoms with Crippen molar-refractivity contribution in [3.63, 3.8) is 0 Å². The highest BCUT2D eigenvalue weighted by Gasteiger charge is 2.46. The van der Waals surface area contributed by atoms with Crippen LogP contribution in [0.4, 0.5) is 0 Å². The van der Waals surface area contributed by atoms with E-state index in [1.165, 1.54) is 0 Å². The van der Waals surface area contributed by atoms with Gasteiger partial charge < -0.3 is 9.53 Å². The number of aldehydes is 1. The Bertz CT molecular complexity index is 157. The van der Waals surface area contributed by atoms with E-state index in [0.717, 1.165) is 25.5 Å². The molecule has 0 heterocycles. The minimum Gasteiger partial charge on any atom is -0.379 e. The van der Waals surface area contributed by atoms with Crippen molar-refractivity contribution in [1.82, 2.24) is 0 Å². The van der Waals surface area contributed by atoms with Crippen LogP contribution in [0.25, 0.3) is 0 Å². The quantitative estimate of drug-likeness (QED) is 0.580. The van der Waals surface area contributed by atoms with Gasteiger partial charge >= 0.3 is 0 Å². The Balaban J connectivity index is 2.47. The van der Waals surface area contributed by atoms with E-state index >= 15 is 0 Å². The van der Waals surface area contributed by atoms with E-state index < -0.39 is 0 Å². The summed E-state index contributed by atoms with van der Waals surface area (Å²) >= 11 is 0. The van der Waals surface area contributed by atoms with E-state index in [1.807, 2.05) is 13.8 Å². The molecular formula is C9H16O2. The average molecular weight is 156 g/mol. The first-order valence-corrected chi connectivity index (χ1v) is 4.05. The van der Waals surface area contributed by atoms with Gasteiger partial charge in [-0.05, 0) is 33.1 Å². The van der Waals surface area contributed by atoms with Gasteiger partial charge in [-0.25, -0.2) is 0 Å². The third kappa shape index (κ3) is 2.03. The van der Waals surface area contributed by atoms with E-state index in [1.54, 1.807) is 7.11 Å². The van der Waals surface area contributed by atoms with Crippen LogP contribution in [0.2, 0.25) is 0 Å². The van der Waals surface area contributed by atoms with Crippen molar-refractivity contribution in [2.75, 3.05) is 7.11 Å². The lowest BCUT2D eigenvalue weighted by Gasteiger charge is -2.25. The van der Waals surface area contributed by atoms with E-state index in [0.29, 0.717) is 0 Å². The Morgan fingerprint density at radius 2 is 2.09 bits per heavy atom. The van der Waals surface area contributed by atoms with Crippen molar-refractivity contribution in [1.29, 1.82) is 0 Å². The molecule has 11 heavy (non-hydrogen) atoms. The minimum absolute atomic E-state index is 0.0283. The molecule has 64 valence electrons. The average Bonchev–Trinajstić information content (AvgIpc) is 2.69. The smallest absolute Gasteiger partial charge is 0.126 e. The van der Waals surface area contributed by atoms with Gasteiger partial charge in [0.15, 0.2) is 0 Å². The zero-order valence-corrected chi connectivity index (χ0v) is 7.52. The van der Waals surface area contributed by atoms with Crippen molar-refractivity contribution in [3.8, 4) is 0 Å². The van der Waals surface area contributed by atoms with Crippen LogP contribution in [0, 0.1) is 5.41 Å². The molecule has 0 unspecified atom stereocenters. The molecule has 0 aromatic heterocycles. The summed E-state index contributed by atoms with van der Waals surface area (Å²) in [4.78, 5) is 10.6. The highest BCUT2D eigenvalue weighted by molar-refractivity contribution is 5.63. The molecule has 0 radical (unpaired) electrons. The molecule has 0 aromatic rings. The van der Waals surface area contributed by atoms with E-state index in [2.05, 4.69) is 0 Å². The lowest BCUT2D eigenvalue weighted by Crippen LogP contribution is -2.27. The van der Waals surface area contributed by atoms with Gasteiger partial charge in [-0.15, -0.1) is 0 Å². The maximum absolute atomic E-state index is 10.6. The van der Waals surface area contributed by atoms with E-state index in [4.69, 9.17) is 4.74 Å². The van der Waals surface area contributed by atoms with Crippen LogP contribution in [0.3, 0.4) is 0 Å². The van der Waals surface area contributed by atoms with E-state index in [-0.39, 0.29) is 11.0 Å². The molecule has 0 bridgehead atoms. The molecule has 2 heteroatoms. The first-order valence-electron chi connectivity index (χ1n) is 4.05. The lowest BCUT2D eigenvalue weighted by atomic mass is 9.92. The lowest BCUT2D eigenvalue weighted by molar-refractivity contribution is -0.114. The van der Waals surface area contributed by atoms with Gasteiger partial charge in [0.05, 0.1) is 5.60 Å². The summed E-state index contributed by atoms with van der Waals surface area (Å²) < 4.78 is 5.26. The summed E-state index contributed by atoms with van der Waals surface area (Å²) in [6.07, 6.45) is 4.04. The van der Waals surface area contributed by atoms with Crippen LogP contribution in [0.1, 0.15) is 33.1 Å². The Morgan fingerprint density at radius 1 is 1.55 bits per heavy atom. The van der Waals surface area contributed by atoms with Crippen molar-refractivity contribution < 1.29 is 9.53 Å². The highest BCUT2D eigenvalue weighted by atomic mass is 16.5. The number of hydrogen-bond donors (Lipinski definition) is 0. The second kappa shape index (κ2) is 2.59. The summed E-state index contributed by atoms with van der Waals surface area (Å²) in [5.41, 5.74) is -0.170. The molecule has 1 saturated carbocycles. The molecule has 0 spiro atoms. The minimum atomic E-state index is -0.141. The van der Waals surface area contributed by atoms with Crippen molar-refractivity contribution in [2.45, 2.75) is 38.7 Å². The molecule has 1 rings (SSSR count). The molecule has 0 N–H and O–H groups in total. The van der Waals surface area contributed by atoms with Crippen molar-refractivity contribution >= 4 is 6.29 Å². The standard InChI is InChI=1S/C9H16O2/c1-8(2,11-3)6-9(7-10)4-5-9/h7H,4-6H2,1-3H3. The normalized spacial score (nSPS) is 21.4. The fourth-order valence-corrected chi connectivity index (χ4v) is 1.42. The molecule has 1 aliphatic rings. The fourth-order valence-electron chi connectivity index (χ4n) is 1.42. The molecule has 1 aliphatic carbocycles. The van der Waals surface area contributed by atoms with Gasteiger partial charge in [0.25, 0.3) is 0 Å². The Labute approximate surface area is 67.9 Å². The summed E-state index contributed by atoms with van der Waals surface area (Å²) in [6.45, 7) is 4.05. The molecular weight excluding hydrogens is 140 g/mol. The van der Waals surface area contributed by atoms with Gasteiger partial charge in [0.1, 0.15) is 6.29 Å². The van der Waals surface area contributed by atoms with Gasteiger partial charge in [0.2, 0.25) is 0 Å². The first-order chi connectivity index (χ1) is 5.04. The largest absolute Gasteiger partial charge is 0.379 e. The monoisotopic (exact) mass is 156 g/mol. The highest BCUT2D eigenvalue weighted by Crippen LogP contribution is 2.49. The van der Waals surface area contributed by atoms with Crippen LogP contribution < -0.4 is 0 Å². The Morgan fingerprint density at radius 3 is 2.36 bits per heavy atom. The van der Waals surface area contributed by atoms with Crippen LogP contribution in [-0.4, -0.2) is 19.0 Å². The van der Waals surface area contributed by atoms with Crippen LogP contribution in [0.15, 0.2) is 0 Å². The SMILES string of the molecule is COC(C)(C)CC1(C=O)CC1. The van der Waals surface area contributed by atoms with Crippen molar-refractivity contribution in [3.05, 3.63) is 0 Å². The molecule has 1 fully saturated rings. The van der Waals surface area contributed by atoms with E-state index in [9.17, 15) is 4.79 Å². The molecule has 0 atom stereocenters. The second-order valence-corrected chi connectivity index (χ2v) is 4.12. The zero-order chi connectivity index (χ0) is 8.54. The Hall–Kier alpha value is -0.370. The van der Waals surface area contributed by atoms with Gasteiger partial charge in [-0.3, -0.25) is 0 Å². The molecule has 0 saturated heterocycles. The van der Waals surface area contributed by atoms with Crippen LogP contribution >= 0.6 is 0 Å². The second-order valence-electron chi connectivity index (χ2n) is 4.12. The van der Waals surface area contributed by atoms with Crippen molar-refractivity contribution in [2.24, 2.45) is 5.41 Å². The zero-order valence-electron chi connectivity index (χ0n) is 7.52. The third-order valence-electron chi connectivity index (χ3n) is 2.47. The topological polar surface area (TPSA) is 26.3 Å². The van der Waals surface area contributed by atoms with Gasteiger partial charge in [-0.1, -0.05) is 0 Å². The number of ether oxygens (including phenoxy) is 1. The van der Waals surface area contributed by atoms with Gasteiger partial charge in [0, 0.05) is 12.5 Å². The predicted molar refractivity (Wildman–Crippen MR) is 43.4 cm³/mol. The number of carbonyl (C=O) groups is 1. The molecule has 2 nitrogen and oxygen atoms in total. The summed E-state index contributed by atoms with van der Waals surface area (Å²) in [6, 6.07) is 0. The summed E-state index contributed by atoms with van der Waals surface area (Å²) in [5.74, 6) is 0. The first kappa shape index (κ1) is 8.72. The van der Waals surface area contributed by atoms with Crippen LogP contribution in [0.5, 0.6) is 0 Å². The third-order valence-corrected chi connectivity index (χ3v) is 2.47. The fraction of sp³-hybridized carbons (Fsp3) is 0.889. The maximum Gasteiger partial charge on any atom is 0.126 e. The molecule has 0 aromatic carbocycles. The van der Waals surface area contributed by atoms with Crippen LogP contribution in [-0.2, 0) is 9.53 Å². The number of methoxy groups -OCH3 is 1. The summed E-state index contributed by atoms with van der Waals surface area (Å²) in [5, 5.41) is 0. The molecule has 0 amide bonds. The van der Waals surface area contributed by atoms with Gasteiger partial charge in [-0.2, -0.15) is 0 Å². The molecule has 0 aliphatic heterocycles. The number of hydrogen-bond acceptors (Lipinski definition) is 2. The predicted octanol–water partition coefficient (Wildman–Crippen LogP) is 1.78. The maximum atomic E-state index is 10.6. The number of carbonyl (C=O) groups excluding carboxylic acids is 1. The summed E-state index contributed by atoms with van der Waals surface area (Å²) in [7, 11) is 1.70. The number of rotatable bonds is 4. The Kier molecular flexibility index (Phi) is 2.06.